The van der Waals surface area contributed by atoms with Crippen LogP contribution in [0.15, 0.2) is 30.3 Å². The van der Waals surface area contributed by atoms with Gasteiger partial charge >= 0.3 is 6.18 Å². The Hall–Kier alpha value is -2.93. The molecular weight excluding hydrogens is 428 g/mol. The number of nitriles is 1. The molecule has 2 fully saturated rings. The topological polar surface area (TPSA) is 69.5 Å². The van der Waals surface area contributed by atoms with Crippen LogP contribution < -0.4 is 4.74 Å². The van der Waals surface area contributed by atoms with Crippen molar-refractivity contribution in [3.63, 3.8) is 0 Å². The van der Waals surface area contributed by atoms with Gasteiger partial charge in [-0.05, 0) is 25.0 Å². The van der Waals surface area contributed by atoms with E-state index in [2.05, 4.69) is 4.98 Å². The molecule has 1 aromatic heterocycles. The van der Waals surface area contributed by atoms with Crippen LogP contribution in [-0.2, 0) is 11.0 Å². The second kappa shape index (κ2) is 8.90. The number of benzene rings is 1. The van der Waals surface area contributed by atoms with Gasteiger partial charge in [-0.25, -0.2) is 9.37 Å². The molecule has 2 aliphatic rings. The number of piperidine rings is 1. The molecule has 0 bridgehead atoms. The fourth-order valence-electron chi connectivity index (χ4n) is 4.22. The predicted molar refractivity (Wildman–Crippen MR) is 107 cm³/mol. The molecule has 2 aliphatic heterocycles. The highest BCUT2D eigenvalue weighted by atomic mass is 19.4. The van der Waals surface area contributed by atoms with Crippen molar-refractivity contribution in [2.24, 2.45) is 0 Å². The lowest BCUT2D eigenvalue weighted by atomic mass is 10.1. The first-order chi connectivity index (χ1) is 15.2. The lowest BCUT2D eigenvalue weighted by Gasteiger charge is -2.33. The number of rotatable bonds is 4. The molecule has 0 N–H and O–H groups in total. The Labute approximate surface area is 182 Å². The van der Waals surface area contributed by atoms with E-state index >= 15 is 0 Å². The Balaban J connectivity index is 1.39. The minimum atomic E-state index is -4.58. The Bertz CT molecular complexity index is 1030. The van der Waals surface area contributed by atoms with Gasteiger partial charge < -0.3 is 9.64 Å². The van der Waals surface area contributed by atoms with Gasteiger partial charge in [0, 0.05) is 31.0 Å². The smallest absolute Gasteiger partial charge is 0.433 e. The number of pyridine rings is 1. The highest BCUT2D eigenvalue weighted by Gasteiger charge is 2.37. The molecule has 0 saturated carbocycles. The lowest BCUT2D eigenvalue weighted by Crippen LogP contribution is -2.46. The summed E-state index contributed by atoms with van der Waals surface area (Å²) >= 11 is 0. The first-order valence-electron chi connectivity index (χ1n) is 10.4. The van der Waals surface area contributed by atoms with Crippen molar-refractivity contribution in [1.82, 2.24) is 14.8 Å². The van der Waals surface area contributed by atoms with Crippen LogP contribution in [0.3, 0.4) is 0 Å². The number of halogens is 4. The number of hydrogen-bond acceptors (Lipinski definition) is 5. The summed E-state index contributed by atoms with van der Waals surface area (Å²) in [5, 5.41) is 9.62. The van der Waals surface area contributed by atoms with Crippen molar-refractivity contribution < 1.29 is 27.1 Å². The minimum absolute atomic E-state index is 0.0396. The fourth-order valence-corrected chi connectivity index (χ4v) is 4.22. The van der Waals surface area contributed by atoms with Gasteiger partial charge in [0.25, 0.3) is 0 Å². The number of amides is 1. The number of alkyl halides is 4. The van der Waals surface area contributed by atoms with Crippen molar-refractivity contribution in [3.05, 3.63) is 36.0 Å². The highest BCUT2D eigenvalue weighted by Crippen LogP contribution is 2.35. The molecule has 2 aromatic rings. The predicted octanol–water partition coefficient (Wildman–Crippen LogP) is 3.56. The number of ether oxygens (including phenoxy) is 1. The second-order valence-corrected chi connectivity index (χ2v) is 8.14. The summed E-state index contributed by atoms with van der Waals surface area (Å²) in [5.41, 5.74) is -0.790. The number of likely N-dealkylation sites (tertiary alicyclic amines) is 2. The third kappa shape index (κ3) is 4.78. The summed E-state index contributed by atoms with van der Waals surface area (Å²) in [7, 11) is 0. The fraction of sp³-hybridized carbons (Fsp3) is 0.500. The molecule has 0 spiro atoms. The zero-order chi connectivity index (χ0) is 22.9. The minimum Gasteiger partial charge on any atom is -0.490 e. The van der Waals surface area contributed by atoms with Crippen LogP contribution in [0.25, 0.3) is 10.9 Å². The maximum Gasteiger partial charge on any atom is 0.433 e. The molecule has 3 heterocycles. The van der Waals surface area contributed by atoms with E-state index in [9.17, 15) is 22.4 Å². The Morgan fingerprint density at radius 2 is 1.97 bits per heavy atom. The molecule has 1 aromatic carbocycles. The highest BCUT2D eigenvalue weighted by molar-refractivity contribution is 5.85. The summed E-state index contributed by atoms with van der Waals surface area (Å²) in [6.45, 7) is 1.03. The van der Waals surface area contributed by atoms with Crippen LogP contribution in [0.2, 0.25) is 0 Å². The van der Waals surface area contributed by atoms with Gasteiger partial charge in [0.05, 0.1) is 24.7 Å². The third-order valence-electron chi connectivity index (χ3n) is 5.88. The van der Waals surface area contributed by atoms with Gasteiger partial charge in [-0.3, -0.25) is 9.69 Å². The quantitative estimate of drug-likeness (QED) is 0.667. The largest absolute Gasteiger partial charge is 0.490 e. The van der Waals surface area contributed by atoms with E-state index in [0.29, 0.717) is 31.3 Å². The molecule has 0 radical (unpaired) electrons. The van der Waals surface area contributed by atoms with Crippen molar-refractivity contribution in [3.8, 4) is 11.8 Å². The van der Waals surface area contributed by atoms with Crippen molar-refractivity contribution in [2.45, 2.75) is 43.8 Å². The normalized spacial score (nSPS) is 22.8. The number of nitrogens with zero attached hydrogens (tertiary/aromatic N) is 4. The van der Waals surface area contributed by atoms with E-state index in [0.717, 1.165) is 6.07 Å². The number of carbonyl (C=O) groups is 1. The molecule has 32 heavy (non-hydrogen) atoms. The van der Waals surface area contributed by atoms with E-state index in [4.69, 9.17) is 10.00 Å². The molecule has 4 rings (SSSR count). The van der Waals surface area contributed by atoms with Gasteiger partial charge in [0.1, 0.15) is 29.8 Å². The molecule has 0 unspecified atom stereocenters. The zero-order valence-corrected chi connectivity index (χ0v) is 17.2. The standard InChI is InChI=1S/C22H22F4N4O2/c23-14-9-15(11-27)30(12-14)21(31)13-29-7-5-16(6-8-29)32-19-10-20(22(24,25)26)28-18-4-2-1-3-17(18)19/h1-4,10,14-16H,5-9,12-13H2/t14-,15-/m0/s1. The number of aromatic nitrogens is 1. The van der Waals surface area contributed by atoms with Crippen LogP contribution >= 0.6 is 0 Å². The van der Waals surface area contributed by atoms with E-state index in [1.165, 1.54) is 11.0 Å². The van der Waals surface area contributed by atoms with E-state index in [1.54, 1.807) is 18.2 Å². The van der Waals surface area contributed by atoms with Gasteiger partial charge in [-0.2, -0.15) is 18.4 Å². The van der Waals surface area contributed by atoms with Gasteiger partial charge in [-0.15, -0.1) is 0 Å². The average Bonchev–Trinajstić information content (AvgIpc) is 3.15. The molecule has 2 saturated heterocycles. The average molecular weight is 450 g/mol. The Morgan fingerprint density at radius 3 is 2.66 bits per heavy atom. The Morgan fingerprint density at radius 1 is 1.25 bits per heavy atom. The van der Waals surface area contributed by atoms with Crippen molar-refractivity contribution in [1.29, 1.82) is 5.26 Å². The summed E-state index contributed by atoms with van der Waals surface area (Å²) in [6, 6.07) is 8.69. The van der Waals surface area contributed by atoms with Crippen LogP contribution in [-0.4, -0.2) is 65.2 Å². The Kier molecular flexibility index (Phi) is 6.20. The monoisotopic (exact) mass is 450 g/mol. The molecule has 1 amide bonds. The summed E-state index contributed by atoms with van der Waals surface area (Å²) < 4.78 is 59.3. The maximum atomic E-state index is 13.6. The summed E-state index contributed by atoms with van der Waals surface area (Å²) in [6.07, 6.45) is -4.97. The molecular formula is C22H22F4N4O2. The van der Waals surface area contributed by atoms with E-state index < -0.39 is 24.1 Å². The SMILES string of the molecule is N#C[C@@H]1C[C@H](F)CN1C(=O)CN1CCC(Oc2cc(C(F)(F)F)nc3ccccc23)CC1. The van der Waals surface area contributed by atoms with Gasteiger partial charge in [0.2, 0.25) is 5.91 Å². The lowest BCUT2D eigenvalue weighted by molar-refractivity contribution is -0.141. The maximum absolute atomic E-state index is 13.6. The zero-order valence-electron chi connectivity index (χ0n) is 17.2. The first kappa shape index (κ1) is 22.3. The number of para-hydroxylation sites is 1. The summed E-state index contributed by atoms with van der Waals surface area (Å²) in [5.74, 6) is -0.147. The van der Waals surface area contributed by atoms with E-state index in [1.807, 2.05) is 11.0 Å². The summed E-state index contributed by atoms with van der Waals surface area (Å²) in [4.78, 5) is 19.4. The van der Waals surface area contributed by atoms with Crippen LogP contribution in [0, 0.1) is 11.3 Å². The number of hydrogen-bond donors (Lipinski definition) is 0. The van der Waals surface area contributed by atoms with Gasteiger partial charge in [0.15, 0.2) is 0 Å². The van der Waals surface area contributed by atoms with Crippen LogP contribution in [0.4, 0.5) is 17.6 Å². The molecule has 0 aliphatic carbocycles. The van der Waals surface area contributed by atoms with Crippen molar-refractivity contribution in [2.75, 3.05) is 26.2 Å². The third-order valence-corrected chi connectivity index (χ3v) is 5.88. The van der Waals surface area contributed by atoms with Crippen molar-refractivity contribution >= 4 is 16.8 Å². The number of carbonyl (C=O) groups excluding carboxylic acids is 1. The molecule has 6 nitrogen and oxygen atoms in total. The molecule has 2 atom stereocenters. The molecule has 10 heteroatoms. The van der Waals surface area contributed by atoms with Gasteiger partial charge in [-0.1, -0.05) is 12.1 Å². The molecule has 170 valence electrons. The second-order valence-electron chi connectivity index (χ2n) is 8.14. The number of fused-ring (bicyclic) bond motifs is 1. The van der Waals surface area contributed by atoms with E-state index in [-0.39, 0.29) is 42.8 Å². The van der Waals surface area contributed by atoms with Crippen LogP contribution in [0.5, 0.6) is 5.75 Å². The van der Waals surface area contributed by atoms with Crippen LogP contribution in [0.1, 0.15) is 25.0 Å². The first-order valence-corrected chi connectivity index (χ1v) is 10.4.